The first-order valence-electron chi connectivity index (χ1n) is 4.81. The van der Waals surface area contributed by atoms with Crippen molar-refractivity contribution >= 4 is 10.0 Å². The molecule has 1 aliphatic rings. The third-order valence-corrected chi connectivity index (χ3v) is 3.51. The van der Waals surface area contributed by atoms with Crippen molar-refractivity contribution in [2.24, 2.45) is 11.1 Å². The maximum absolute atomic E-state index is 11.0. The quantitative estimate of drug-likeness (QED) is 0.808. The lowest BCUT2D eigenvalue weighted by atomic mass is 10.1. The fourth-order valence-corrected chi connectivity index (χ4v) is 2.19. The Balaban J connectivity index is 2.29. The number of phenols is 1. The average molecular weight is 227 g/mol. The Labute approximate surface area is 88.8 Å². The van der Waals surface area contributed by atoms with Gasteiger partial charge in [0, 0.05) is 0 Å². The number of hydrogen-bond acceptors (Lipinski definition) is 3. The second kappa shape index (κ2) is 3.50. The van der Waals surface area contributed by atoms with Gasteiger partial charge in [-0.15, -0.1) is 0 Å². The van der Waals surface area contributed by atoms with Crippen LogP contribution in [0.15, 0.2) is 23.1 Å². The first kappa shape index (κ1) is 10.4. The van der Waals surface area contributed by atoms with Gasteiger partial charge in [0.05, 0.1) is 0 Å². The van der Waals surface area contributed by atoms with E-state index in [1.807, 2.05) is 0 Å². The number of sulfonamides is 1. The molecule has 0 unspecified atom stereocenters. The summed E-state index contributed by atoms with van der Waals surface area (Å²) in [4.78, 5) is -0.206. The van der Waals surface area contributed by atoms with Crippen molar-refractivity contribution in [3.8, 4) is 5.75 Å². The topological polar surface area (TPSA) is 80.4 Å². The molecule has 4 nitrogen and oxygen atoms in total. The summed E-state index contributed by atoms with van der Waals surface area (Å²) in [6.45, 7) is 0. The van der Waals surface area contributed by atoms with Crippen molar-refractivity contribution in [2.45, 2.75) is 24.2 Å². The summed E-state index contributed by atoms with van der Waals surface area (Å²) >= 11 is 0. The summed E-state index contributed by atoms with van der Waals surface area (Å²) in [6.07, 6.45) is 3.34. The lowest BCUT2D eigenvalue weighted by Crippen LogP contribution is -2.12. The van der Waals surface area contributed by atoms with Crippen LogP contribution in [0.1, 0.15) is 18.4 Å². The van der Waals surface area contributed by atoms with Crippen molar-refractivity contribution in [1.29, 1.82) is 0 Å². The van der Waals surface area contributed by atoms with Gasteiger partial charge >= 0.3 is 0 Å². The summed E-state index contributed by atoms with van der Waals surface area (Å²) in [7, 11) is -3.81. The number of hydrogen-bond donors (Lipinski definition) is 2. The van der Waals surface area contributed by atoms with Crippen molar-refractivity contribution in [3.63, 3.8) is 0 Å². The monoisotopic (exact) mass is 227 g/mol. The zero-order valence-electron chi connectivity index (χ0n) is 8.18. The summed E-state index contributed by atoms with van der Waals surface area (Å²) < 4.78 is 22.0. The van der Waals surface area contributed by atoms with Gasteiger partial charge in [-0.1, -0.05) is 6.07 Å². The number of benzene rings is 1. The molecule has 0 radical (unpaired) electrons. The van der Waals surface area contributed by atoms with Crippen LogP contribution in [0.25, 0.3) is 0 Å². The number of aromatic hydroxyl groups is 1. The van der Waals surface area contributed by atoms with E-state index in [2.05, 4.69) is 0 Å². The van der Waals surface area contributed by atoms with E-state index in [4.69, 9.17) is 5.14 Å². The zero-order chi connectivity index (χ0) is 11.1. The minimum Gasteiger partial charge on any atom is -0.507 e. The Hall–Kier alpha value is -1.07. The fourth-order valence-electron chi connectivity index (χ4n) is 1.59. The summed E-state index contributed by atoms with van der Waals surface area (Å²) in [5.74, 6) is 0.445. The molecule has 3 N–H and O–H groups in total. The standard InChI is InChI=1S/C10H13NO3S/c11-15(13,14)10-4-3-8(6-9(10)12)5-7-1-2-7/h3-4,6-7,12H,1-2,5H2,(H2,11,13,14). The van der Waals surface area contributed by atoms with Gasteiger partial charge in [0.15, 0.2) is 0 Å². The Morgan fingerprint density at radius 3 is 2.53 bits per heavy atom. The van der Waals surface area contributed by atoms with Crippen LogP contribution < -0.4 is 5.14 Å². The summed E-state index contributed by atoms with van der Waals surface area (Å²) in [5, 5.41) is 14.4. The number of nitrogens with two attached hydrogens (primary N) is 1. The normalized spacial score (nSPS) is 16.6. The minimum atomic E-state index is -3.81. The van der Waals surface area contributed by atoms with E-state index in [9.17, 15) is 13.5 Å². The molecule has 1 fully saturated rings. The highest BCUT2D eigenvalue weighted by Crippen LogP contribution is 2.34. The summed E-state index contributed by atoms with van der Waals surface area (Å²) in [6, 6.07) is 4.55. The van der Waals surface area contributed by atoms with Gasteiger partial charge in [-0.3, -0.25) is 0 Å². The first-order valence-corrected chi connectivity index (χ1v) is 6.36. The molecular formula is C10H13NO3S. The average Bonchev–Trinajstić information content (AvgIpc) is 2.85. The molecule has 0 aliphatic heterocycles. The highest BCUT2D eigenvalue weighted by Gasteiger charge is 2.22. The van der Waals surface area contributed by atoms with Crippen molar-refractivity contribution in [1.82, 2.24) is 0 Å². The van der Waals surface area contributed by atoms with Crippen LogP contribution in [0.2, 0.25) is 0 Å². The smallest absolute Gasteiger partial charge is 0.241 e. The van der Waals surface area contributed by atoms with E-state index in [1.165, 1.54) is 25.0 Å². The maximum atomic E-state index is 11.0. The molecule has 0 atom stereocenters. The highest BCUT2D eigenvalue weighted by molar-refractivity contribution is 7.89. The highest BCUT2D eigenvalue weighted by atomic mass is 32.2. The van der Waals surface area contributed by atoms with E-state index >= 15 is 0 Å². The molecule has 0 bridgehead atoms. The lowest BCUT2D eigenvalue weighted by molar-refractivity contribution is 0.458. The number of phenolic OH excluding ortho intramolecular Hbond substituents is 1. The van der Waals surface area contributed by atoms with E-state index in [0.29, 0.717) is 5.92 Å². The van der Waals surface area contributed by atoms with Gasteiger partial charge in [-0.2, -0.15) is 0 Å². The second-order valence-corrected chi connectivity index (χ2v) is 5.52. The maximum Gasteiger partial charge on any atom is 0.241 e. The Kier molecular flexibility index (Phi) is 2.44. The predicted molar refractivity (Wildman–Crippen MR) is 55.9 cm³/mol. The molecule has 0 amide bonds. The van der Waals surface area contributed by atoms with Crippen molar-refractivity contribution in [2.75, 3.05) is 0 Å². The van der Waals surface area contributed by atoms with Gasteiger partial charge < -0.3 is 5.11 Å². The fraction of sp³-hybridized carbons (Fsp3) is 0.400. The largest absolute Gasteiger partial charge is 0.507 e. The number of rotatable bonds is 3. The molecular weight excluding hydrogens is 214 g/mol. The van der Waals surface area contributed by atoms with E-state index < -0.39 is 10.0 Å². The molecule has 82 valence electrons. The van der Waals surface area contributed by atoms with Gasteiger partial charge in [0.25, 0.3) is 0 Å². The molecule has 0 heterocycles. The van der Waals surface area contributed by atoms with Crippen molar-refractivity contribution < 1.29 is 13.5 Å². The van der Waals surface area contributed by atoms with Crippen LogP contribution in [-0.2, 0) is 16.4 Å². The SMILES string of the molecule is NS(=O)(=O)c1ccc(CC2CC2)cc1O. The molecule has 0 spiro atoms. The second-order valence-electron chi connectivity index (χ2n) is 3.99. The summed E-state index contributed by atoms with van der Waals surface area (Å²) in [5.41, 5.74) is 0.961. The van der Waals surface area contributed by atoms with Gasteiger partial charge in [0.2, 0.25) is 10.0 Å². The molecule has 15 heavy (non-hydrogen) atoms. The lowest BCUT2D eigenvalue weighted by Gasteiger charge is -2.04. The van der Waals surface area contributed by atoms with Crippen LogP contribution in [0, 0.1) is 5.92 Å². The number of primary sulfonamides is 1. The van der Waals surface area contributed by atoms with Gasteiger partial charge in [-0.05, 0) is 42.9 Å². The van der Waals surface area contributed by atoms with Gasteiger partial charge in [0.1, 0.15) is 10.6 Å². The van der Waals surface area contributed by atoms with Crippen LogP contribution >= 0.6 is 0 Å². The Morgan fingerprint density at radius 2 is 2.07 bits per heavy atom. The molecule has 0 saturated heterocycles. The molecule has 1 aliphatic carbocycles. The molecule has 1 aromatic rings. The molecule has 1 aromatic carbocycles. The third kappa shape index (κ3) is 2.49. The minimum absolute atomic E-state index is 0.206. The molecule has 5 heteroatoms. The third-order valence-electron chi connectivity index (χ3n) is 2.55. The predicted octanol–water partition coefficient (Wildman–Crippen LogP) is 0.992. The van der Waals surface area contributed by atoms with Crippen LogP contribution in [0.5, 0.6) is 5.75 Å². The Bertz CT molecular complexity index is 477. The van der Waals surface area contributed by atoms with Gasteiger partial charge in [-0.25, -0.2) is 13.6 Å². The zero-order valence-corrected chi connectivity index (χ0v) is 9.00. The Morgan fingerprint density at radius 1 is 1.40 bits per heavy atom. The van der Waals surface area contributed by atoms with Crippen LogP contribution in [0.3, 0.4) is 0 Å². The van der Waals surface area contributed by atoms with E-state index in [0.717, 1.165) is 12.0 Å². The van der Waals surface area contributed by atoms with Crippen LogP contribution in [-0.4, -0.2) is 13.5 Å². The van der Waals surface area contributed by atoms with E-state index in [-0.39, 0.29) is 10.6 Å². The van der Waals surface area contributed by atoms with Crippen molar-refractivity contribution in [3.05, 3.63) is 23.8 Å². The molecule has 0 aromatic heterocycles. The van der Waals surface area contributed by atoms with Crippen LogP contribution in [0.4, 0.5) is 0 Å². The van der Waals surface area contributed by atoms with E-state index in [1.54, 1.807) is 6.07 Å². The first-order chi connectivity index (χ1) is 6.97. The molecule has 1 saturated carbocycles. The molecule has 2 rings (SSSR count).